The number of aromatic nitrogens is 2. The summed E-state index contributed by atoms with van der Waals surface area (Å²) in [5.74, 6) is 0. The lowest BCUT2D eigenvalue weighted by atomic mass is 10.2. The number of benzene rings is 1. The van der Waals surface area contributed by atoms with E-state index in [4.69, 9.17) is 0 Å². The van der Waals surface area contributed by atoms with Crippen LogP contribution in [0, 0.1) is 0 Å². The Bertz CT molecular complexity index is 610. The van der Waals surface area contributed by atoms with Crippen LogP contribution in [-0.2, 0) is 6.54 Å². The van der Waals surface area contributed by atoms with E-state index in [1.165, 1.54) is 0 Å². The first-order valence-corrected chi connectivity index (χ1v) is 7.02. The normalized spacial score (nSPS) is 18.9. The highest BCUT2D eigenvalue weighted by Gasteiger charge is 2.24. The van der Waals surface area contributed by atoms with Crippen LogP contribution >= 0.6 is 27.7 Å². The van der Waals surface area contributed by atoms with Crippen LogP contribution in [0.1, 0.15) is 0 Å². The highest BCUT2D eigenvalue weighted by atomic mass is 79.9. The Morgan fingerprint density at radius 2 is 2.31 bits per heavy atom. The van der Waals surface area contributed by atoms with E-state index in [1.807, 2.05) is 24.3 Å². The minimum atomic E-state index is 0.0801. The molecule has 1 aromatic heterocycles. The highest BCUT2D eigenvalue weighted by molar-refractivity contribution is 9.09. The molecule has 0 spiro atoms. The Morgan fingerprint density at radius 3 is 3.12 bits per heavy atom. The average molecular weight is 297 g/mol. The van der Waals surface area contributed by atoms with Gasteiger partial charge in [-0.2, -0.15) is 0 Å². The molecule has 0 amide bonds. The van der Waals surface area contributed by atoms with Crippen molar-refractivity contribution in [2.45, 2.75) is 17.0 Å². The monoisotopic (exact) mass is 296 g/mol. The molecule has 1 atom stereocenters. The zero-order valence-electron chi connectivity index (χ0n) is 8.39. The first-order chi connectivity index (χ1) is 7.79. The van der Waals surface area contributed by atoms with Gasteiger partial charge in [0.05, 0.1) is 10.9 Å². The molecule has 0 saturated heterocycles. The minimum absolute atomic E-state index is 0.0801. The zero-order valence-corrected chi connectivity index (χ0v) is 10.8. The van der Waals surface area contributed by atoms with Crippen LogP contribution in [0.15, 0.2) is 34.2 Å². The van der Waals surface area contributed by atoms with Crippen molar-refractivity contribution >= 4 is 38.6 Å². The smallest absolute Gasteiger partial charge is 0.262 e. The van der Waals surface area contributed by atoms with Gasteiger partial charge in [0.2, 0.25) is 0 Å². The summed E-state index contributed by atoms with van der Waals surface area (Å²) in [6.45, 7) is 0.752. The van der Waals surface area contributed by atoms with Gasteiger partial charge in [-0.05, 0) is 12.1 Å². The van der Waals surface area contributed by atoms with Gasteiger partial charge in [-0.3, -0.25) is 9.36 Å². The van der Waals surface area contributed by atoms with E-state index in [0.717, 1.165) is 22.5 Å². The van der Waals surface area contributed by atoms with Gasteiger partial charge in [-0.15, -0.1) is 0 Å². The standard InChI is InChI=1S/C11H9BrN2OS/c12-5-7-6-14-10(15)8-3-1-2-4-9(8)13-11(14)16-7/h1-4,7H,5-6H2/t7-/m1/s1. The van der Waals surface area contributed by atoms with Crippen LogP contribution in [0.25, 0.3) is 10.9 Å². The molecule has 1 aliphatic heterocycles. The van der Waals surface area contributed by atoms with Crippen molar-refractivity contribution in [2.75, 3.05) is 5.33 Å². The third kappa shape index (κ3) is 1.50. The number of hydrogen-bond acceptors (Lipinski definition) is 3. The fourth-order valence-corrected chi connectivity index (χ4v) is 3.49. The number of thioether (sulfide) groups is 1. The van der Waals surface area contributed by atoms with Gasteiger partial charge in [0.25, 0.3) is 5.56 Å². The summed E-state index contributed by atoms with van der Waals surface area (Å²) in [5.41, 5.74) is 0.873. The van der Waals surface area contributed by atoms with Crippen LogP contribution in [0.3, 0.4) is 0 Å². The van der Waals surface area contributed by atoms with E-state index in [1.54, 1.807) is 16.3 Å². The van der Waals surface area contributed by atoms with Crippen molar-refractivity contribution in [1.82, 2.24) is 9.55 Å². The van der Waals surface area contributed by atoms with Crippen molar-refractivity contribution in [3.05, 3.63) is 34.6 Å². The molecule has 1 aromatic carbocycles. The van der Waals surface area contributed by atoms with Gasteiger partial charge in [0, 0.05) is 17.1 Å². The average Bonchev–Trinajstić information content (AvgIpc) is 2.73. The zero-order chi connectivity index (χ0) is 11.1. The Morgan fingerprint density at radius 1 is 1.50 bits per heavy atom. The summed E-state index contributed by atoms with van der Waals surface area (Å²) in [7, 11) is 0. The molecule has 82 valence electrons. The molecular weight excluding hydrogens is 288 g/mol. The third-order valence-corrected chi connectivity index (χ3v) is 5.04. The maximum Gasteiger partial charge on any atom is 0.262 e. The van der Waals surface area contributed by atoms with E-state index < -0.39 is 0 Å². The van der Waals surface area contributed by atoms with Gasteiger partial charge in [0.1, 0.15) is 0 Å². The van der Waals surface area contributed by atoms with Gasteiger partial charge in [0.15, 0.2) is 5.16 Å². The lowest BCUT2D eigenvalue weighted by Gasteiger charge is -2.02. The van der Waals surface area contributed by atoms with E-state index >= 15 is 0 Å². The van der Waals surface area contributed by atoms with Crippen LogP contribution in [0.4, 0.5) is 0 Å². The van der Waals surface area contributed by atoms with Crippen LogP contribution in [0.5, 0.6) is 0 Å². The summed E-state index contributed by atoms with van der Waals surface area (Å²) < 4.78 is 1.78. The van der Waals surface area contributed by atoms with Crippen LogP contribution in [0.2, 0.25) is 0 Å². The molecule has 0 radical (unpaired) electrons. The number of alkyl halides is 1. The molecule has 5 heteroatoms. The molecule has 3 nitrogen and oxygen atoms in total. The fourth-order valence-electron chi connectivity index (χ4n) is 1.87. The molecule has 16 heavy (non-hydrogen) atoms. The fraction of sp³-hybridized carbons (Fsp3) is 0.273. The maximum atomic E-state index is 12.2. The molecule has 2 aromatic rings. The molecule has 1 aliphatic rings. The van der Waals surface area contributed by atoms with Crippen LogP contribution < -0.4 is 5.56 Å². The first-order valence-electron chi connectivity index (χ1n) is 5.02. The van der Waals surface area contributed by atoms with Gasteiger partial charge in [-0.25, -0.2) is 4.98 Å². The molecule has 2 heterocycles. The molecule has 3 rings (SSSR count). The highest BCUT2D eigenvalue weighted by Crippen LogP contribution is 2.30. The van der Waals surface area contributed by atoms with Crippen molar-refractivity contribution < 1.29 is 0 Å². The lowest BCUT2D eigenvalue weighted by Crippen LogP contribution is -2.22. The SMILES string of the molecule is O=c1c2ccccc2nc2n1C[C@@H](CBr)S2. The largest absolute Gasteiger partial charge is 0.286 e. The summed E-state index contributed by atoms with van der Waals surface area (Å²) in [6, 6.07) is 7.51. The number of halogens is 1. The predicted octanol–water partition coefficient (Wildman–Crippen LogP) is 2.27. The Hall–Kier alpha value is -0.810. The topological polar surface area (TPSA) is 34.9 Å². The second kappa shape index (κ2) is 3.89. The molecule has 0 aliphatic carbocycles. The van der Waals surface area contributed by atoms with Crippen LogP contribution in [-0.4, -0.2) is 20.1 Å². The van der Waals surface area contributed by atoms with Crippen molar-refractivity contribution in [1.29, 1.82) is 0 Å². The maximum absolute atomic E-state index is 12.2. The first kappa shape index (κ1) is 10.4. The summed E-state index contributed by atoms with van der Waals surface area (Å²) in [5, 5.41) is 2.85. The Balaban J connectivity index is 2.28. The number of nitrogens with zero attached hydrogens (tertiary/aromatic N) is 2. The van der Waals surface area contributed by atoms with E-state index in [0.29, 0.717) is 10.6 Å². The molecule has 0 unspecified atom stereocenters. The molecular formula is C11H9BrN2OS. The molecule has 0 saturated carbocycles. The summed E-state index contributed by atoms with van der Waals surface area (Å²) >= 11 is 5.12. The molecule has 0 N–H and O–H groups in total. The van der Waals surface area contributed by atoms with Crippen molar-refractivity contribution in [3.63, 3.8) is 0 Å². The van der Waals surface area contributed by atoms with Crippen molar-refractivity contribution in [2.24, 2.45) is 0 Å². The van der Waals surface area contributed by atoms with E-state index in [9.17, 15) is 4.79 Å². The third-order valence-electron chi connectivity index (χ3n) is 2.66. The number of rotatable bonds is 1. The summed E-state index contributed by atoms with van der Waals surface area (Å²) in [6.07, 6.45) is 0. The summed E-state index contributed by atoms with van der Waals surface area (Å²) in [4.78, 5) is 16.7. The van der Waals surface area contributed by atoms with E-state index in [2.05, 4.69) is 20.9 Å². The second-order valence-electron chi connectivity index (χ2n) is 3.72. The predicted molar refractivity (Wildman–Crippen MR) is 69.4 cm³/mol. The molecule has 0 bridgehead atoms. The van der Waals surface area contributed by atoms with Gasteiger partial charge in [-0.1, -0.05) is 39.8 Å². The second-order valence-corrected chi connectivity index (χ2v) is 5.64. The Kier molecular flexibility index (Phi) is 2.52. The van der Waals surface area contributed by atoms with Gasteiger partial charge >= 0.3 is 0 Å². The lowest BCUT2D eigenvalue weighted by molar-refractivity contribution is 0.632. The minimum Gasteiger partial charge on any atom is -0.286 e. The number of para-hydroxylation sites is 1. The van der Waals surface area contributed by atoms with Gasteiger partial charge < -0.3 is 0 Å². The molecule has 0 fully saturated rings. The quantitative estimate of drug-likeness (QED) is 0.598. The van der Waals surface area contributed by atoms with E-state index in [-0.39, 0.29) is 5.56 Å². The number of hydrogen-bond donors (Lipinski definition) is 0. The van der Waals surface area contributed by atoms with Crippen molar-refractivity contribution in [3.8, 4) is 0 Å². The number of fused-ring (bicyclic) bond motifs is 2. The Labute approximate surface area is 105 Å².